The van der Waals surface area contributed by atoms with Crippen molar-refractivity contribution in [1.29, 1.82) is 0 Å². The summed E-state index contributed by atoms with van der Waals surface area (Å²) in [6, 6.07) is 13.6. The van der Waals surface area contributed by atoms with Crippen molar-refractivity contribution in [3.05, 3.63) is 66.1 Å². The van der Waals surface area contributed by atoms with Crippen LogP contribution in [0, 0.1) is 6.92 Å². The molecule has 0 saturated heterocycles. The Morgan fingerprint density at radius 1 is 1.07 bits per heavy atom. The summed E-state index contributed by atoms with van der Waals surface area (Å²) in [5.41, 5.74) is 2.11. The van der Waals surface area contributed by atoms with Crippen molar-refractivity contribution < 1.29 is 17.9 Å². The largest absolute Gasteiger partial charge is 0.460 e. The maximum Gasteiger partial charge on any atom is 0.376 e. The molecule has 7 nitrogen and oxygen atoms in total. The molecule has 0 fully saturated rings. The highest BCUT2D eigenvalue weighted by atomic mass is 32.2. The van der Waals surface area contributed by atoms with Gasteiger partial charge in [0.25, 0.3) is 10.0 Å². The van der Waals surface area contributed by atoms with Crippen molar-refractivity contribution in [1.82, 2.24) is 13.9 Å². The number of ether oxygens (including phenoxy) is 1. The number of esters is 1. The predicted molar refractivity (Wildman–Crippen MR) is 105 cm³/mol. The lowest BCUT2D eigenvalue weighted by Gasteiger charge is -2.09. The number of aryl methyl sites for hydroxylation is 1. The van der Waals surface area contributed by atoms with Crippen LogP contribution >= 0.6 is 0 Å². The minimum atomic E-state index is -3.89. The van der Waals surface area contributed by atoms with E-state index in [0.29, 0.717) is 21.9 Å². The second-order valence-corrected chi connectivity index (χ2v) is 8.03. The number of hydrogen-bond donors (Lipinski definition) is 0. The summed E-state index contributed by atoms with van der Waals surface area (Å²) in [4.78, 5) is 20.5. The Labute approximate surface area is 161 Å². The summed E-state index contributed by atoms with van der Waals surface area (Å²) in [6.45, 7) is 3.78. The first-order chi connectivity index (χ1) is 13.4. The van der Waals surface area contributed by atoms with E-state index in [0.717, 1.165) is 5.56 Å². The lowest BCUT2D eigenvalue weighted by Crippen LogP contribution is -2.14. The van der Waals surface area contributed by atoms with Crippen LogP contribution < -0.4 is 0 Å². The SMILES string of the molecule is CCOC(=O)c1ncc2c(n1)c1ccccc1n2S(=O)(=O)c1ccc(C)cc1. The van der Waals surface area contributed by atoms with Crippen LogP contribution in [0.3, 0.4) is 0 Å². The molecule has 0 N–H and O–H groups in total. The number of nitrogens with zero attached hydrogens (tertiary/aromatic N) is 3. The van der Waals surface area contributed by atoms with Gasteiger partial charge in [-0.05, 0) is 32.0 Å². The van der Waals surface area contributed by atoms with Gasteiger partial charge >= 0.3 is 5.97 Å². The van der Waals surface area contributed by atoms with E-state index in [1.54, 1.807) is 55.5 Å². The molecular formula is C20H17N3O4S. The molecule has 0 aliphatic rings. The number of rotatable bonds is 4. The number of fused-ring (bicyclic) bond motifs is 3. The Hall–Kier alpha value is -3.26. The van der Waals surface area contributed by atoms with Crippen LogP contribution in [0.1, 0.15) is 23.1 Å². The fraction of sp³-hybridized carbons (Fsp3) is 0.150. The number of benzene rings is 2. The Balaban J connectivity index is 2.02. The van der Waals surface area contributed by atoms with Gasteiger partial charge in [0.15, 0.2) is 0 Å². The van der Waals surface area contributed by atoms with E-state index >= 15 is 0 Å². The molecule has 0 saturated carbocycles. The van der Waals surface area contributed by atoms with E-state index in [1.807, 2.05) is 6.92 Å². The van der Waals surface area contributed by atoms with Gasteiger partial charge in [0.2, 0.25) is 5.82 Å². The second kappa shape index (κ2) is 6.72. The minimum absolute atomic E-state index is 0.106. The van der Waals surface area contributed by atoms with Crippen LogP contribution in [0.2, 0.25) is 0 Å². The normalized spacial score (nSPS) is 11.8. The van der Waals surface area contributed by atoms with Crippen LogP contribution in [0.4, 0.5) is 0 Å². The third kappa shape index (κ3) is 2.82. The smallest absolute Gasteiger partial charge is 0.376 e. The third-order valence-electron chi connectivity index (χ3n) is 4.38. The fourth-order valence-electron chi connectivity index (χ4n) is 3.07. The molecule has 28 heavy (non-hydrogen) atoms. The molecular weight excluding hydrogens is 378 g/mol. The Morgan fingerprint density at radius 3 is 2.50 bits per heavy atom. The van der Waals surface area contributed by atoms with Gasteiger partial charge in [0, 0.05) is 5.39 Å². The van der Waals surface area contributed by atoms with Gasteiger partial charge in [0.05, 0.1) is 23.2 Å². The lowest BCUT2D eigenvalue weighted by atomic mass is 10.2. The van der Waals surface area contributed by atoms with Crippen molar-refractivity contribution in [2.45, 2.75) is 18.7 Å². The second-order valence-electron chi connectivity index (χ2n) is 6.25. The average molecular weight is 395 g/mol. The first kappa shape index (κ1) is 18.1. The molecule has 4 aromatic rings. The van der Waals surface area contributed by atoms with Crippen LogP contribution in [0.25, 0.3) is 21.9 Å². The van der Waals surface area contributed by atoms with Crippen molar-refractivity contribution in [2.24, 2.45) is 0 Å². The first-order valence-corrected chi connectivity index (χ1v) is 10.1. The van der Waals surface area contributed by atoms with Gasteiger partial charge in [0.1, 0.15) is 11.0 Å². The molecule has 142 valence electrons. The summed E-state index contributed by atoms with van der Waals surface area (Å²) in [7, 11) is -3.89. The van der Waals surface area contributed by atoms with Crippen LogP contribution in [0.5, 0.6) is 0 Å². The summed E-state index contributed by atoms with van der Waals surface area (Å²) < 4.78 is 32.9. The van der Waals surface area contributed by atoms with Gasteiger partial charge < -0.3 is 4.74 Å². The van der Waals surface area contributed by atoms with Crippen LogP contribution in [0.15, 0.2) is 59.6 Å². The summed E-state index contributed by atoms with van der Waals surface area (Å²) in [5.74, 6) is -0.757. The molecule has 0 bridgehead atoms. The van der Waals surface area contributed by atoms with E-state index in [1.165, 1.54) is 10.2 Å². The van der Waals surface area contributed by atoms with Crippen molar-refractivity contribution in [2.75, 3.05) is 6.61 Å². The summed E-state index contributed by atoms with van der Waals surface area (Å²) in [6.07, 6.45) is 1.35. The molecule has 0 aliphatic carbocycles. The average Bonchev–Trinajstić information content (AvgIpc) is 3.03. The number of carbonyl (C=O) groups is 1. The molecule has 0 amide bonds. The molecule has 4 rings (SSSR count). The van der Waals surface area contributed by atoms with Crippen molar-refractivity contribution >= 4 is 37.9 Å². The zero-order valence-corrected chi connectivity index (χ0v) is 16.1. The van der Waals surface area contributed by atoms with Gasteiger partial charge in [-0.25, -0.2) is 27.2 Å². The van der Waals surface area contributed by atoms with Gasteiger partial charge in [-0.3, -0.25) is 0 Å². The minimum Gasteiger partial charge on any atom is -0.460 e. The third-order valence-corrected chi connectivity index (χ3v) is 6.13. The zero-order valence-electron chi connectivity index (χ0n) is 15.3. The highest BCUT2D eigenvalue weighted by Gasteiger charge is 2.25. The maximum absolute atomic E-state index is 13.4. The van der Waals surface area contributed by atoms with Crippen molar-refractivity contribution in [3.63, 3.8) is 0 Å². The Kier molecular flexibility index (Phi) is 4.35. The molecule has 0 radical (unpaired) electrons. The van der Waals surface area contributed by atoms with Crippen LogP contribution in [-0.4, -0.2) is 34.9 Å². The zero-order chi connectivity index (χ0) is 19.9. The standard InChI is InChI=1S/C20H17N3O4S/c1-3-27-20(24)19-21-12-17-18(22-19)15-6-4-5-7-16(15)23(17)28(25,26)14-10-8-13(2)9-11-14/h4-12H,3H2,1-2H3. The van der Waals surface area contributed by atoms with E-state index in [9.17, 15) is 13.2 Å². The van der Waals surface area contributed by atoms with Gasteiger partial charge in [-0.1, -0.05) is 35.9 Å². The monoisotopic (exact) mass is 395 g/mol. The Morgan fingerprint density at radius 2 is 1.79 bits per heavy atom. The van der Waals surface area contributed by atoms with Crippen LogP contribution in [-0.2, 0) is 14.8 Å². The number of carbonyl (C=O) groups excluding carboxylic acids is 1. The van der Waals surface area contributed by atoms with E-state index in [-0.39, 0.29) is 17.3 Å². The van der Waals surface area contributed by atoms with E-state index < -0.39 is 16.0 Å². The molecule has 0 spiro atoms. The molecule has 2 aromatic heterocycles. The van der Waals surface area contributed by atoms with Crippen molar-refractivity contribution in [3.8, 4) is 0 Å². The molecule has 0 unspecified atom stereocenters. The highest BCUT2D eigenvalue weighted by molar-refractivity contribution is 7.90. The lowest BCUT2D eigenvalue weighted by molar-refractivity contribution is 0.0512. The number of aromatic nitrogens is 3. The summed E-state index contributed by atoms with van der Waals surface area (Å²) in [5, 5.41) is 0.612. The highest BCUT2D eigenvalue weighted by Crippen LogP contribution is 2.31. The molecule has 0 atom stereocenters. The molecule has 8 heteroatoms. The topological polar surface area (TPSA) is 91.2 Å². The molecule has 0 aliphatic heterocycles. The number of hydrogen-bond acceptors (Lipinski definition) is 6. The van der Waals surface area contributed by atoms with E-state index in [4.69, 9.17) is 4.74 Å². The molecule has 2 heterocycles. The molecule has 2 aromatic carbocycles. The Bertz CT molecular complexity index is 1310. The predicted octanol–water partition coefficient (Wildman–Crippen LogP) is 3.31. The maximum atomic E-state index is 13.4. The summed E-state index contributed by atoms with van der Waals surface area (Å²) >= 11 is 0. The first-order valence-electron chi connectivity index (χ1n) is 8.69. The quantitative estimate of drug-likeness (QED) is 0.493. The van der Waals surface area contributed by atoms with E-state index in [2.05, 4.69) is 9.97 Å². The van der Waals surface area contributed by atoms with Gasteiger partial charge in [-0.15, -0.1) is 0 Å². The van der Waals surface area contributed by atoms with Gasteiger partial charge in [-0.2, -0.15) is 0 Å². The number of para-hydroxylation sites is 1. The fourth-order valence-corrected chi connectivity index (χ4v) is 4.57.